The number of carbonyl (C=O) groups excluding carboxylic acids is 1. The average Bonchev–Trinajstić information content (AvgIpc) is 3.43. The highest BCUT2D eigenvalue weighted by Gasteiger charge is 2.62. The van der Waals surface area contributed by atoms with Crippen molar-refractivity contribution in [1.82, 2.24) is 15.2 Å². The lowest BCUT2D eigenvalue weighted by Crippen LogP contribution is -2.42. The maximum Gasteiger partial charge on any atom is 0.224 e. The van der Waals surface area contributed by atoms with Crippen LogP contribution in [0.4, 0.5) is 4.39 Å². The average molecular weight is 402 g/mol. The van der Waals surface area contributed by atoms with E-state index >= 15 is 0 Å². The van der Waals surface area contributed by atoms with Gasteiger partial charge in [0, 0.05) is 43.0 Å². The highest BCUT2D eigenvalue weighted by Crippen LogP contribution is 2.54. The molecular weight excluding hydrogens is 377 g/mol. The van der Waals surface area contributed by atoms with E-state index in [0.29, 0.717) is 23.9 Å². The fourth-order valence-corrected chi connectivity index (χ4v) is 5.97. The van der Waals surface area contributed by atoms with E-state index in [2.05, 4.69) is 15.2 Å². The van der Waals surface area contributed by atoms with E-state index in [4.69, 9.17) is 4.74 Å². The molecule has 148 valence electrons. The van der Waals surface area contributed by atoms with Crippen LogP contribution in [0.25, 0.3) is 0 Å². The third kappa shape index (κ3) is 3.25. The summed E-state index contributed by atoms with van der Waals surface area (Å²) in [5.41, 5.74) is 0.388. The molecule has 0 unspecified atom stereocenters. The molecule has 4 atom stereocenters. The summed E-state index contributed by atoms with van der Waals surface area (Å²) in [6.07, 6.45) is 4.34. The zero-order valence-corrected chi connectivity index (χ0v) is 16.5. The number of halogens is 1. The van der Waals surface area contributed by atoms with Gasteiger partial charge in [0.2, 0.25) is 5.91 Å². The number of carbonyl (C=O) groups is 1. The molecule has 0 saturated carbocycles. The predicted molar refractivity (Wildman–Crippen MR) is 104 cm³/mol. The van der Waals surface area contributed by atoms with Gasteiger partial charge in [-0.25, -0.2) is 9.37 Å². The van der Waals surface area contributed by atoms with Crippen molar-refractivity contribution in [2.45, 2.75) is 37.5 Å². The molecule has 7 heteroatoms. The zero-order chi connectivity index (χ0) is 19.1. The molecule has 0 aliphatic carbocycles. The minimum absolute atomic E-state index is 0.0527. The van der Waals surface area contributed by atoms with E-state index < -0.39 is 0 Å². The summed E-state index contributed by atoms with van der Waals surface area (Å²) >= 11 is 1.69. The van der Waals surface area contributed by atoms with Crippen LogP contribution in [0, 0.1) is 17.7 Å². The summed E-state index contributed by atoms with van der Waals surface area (Å²) in [4.78, 5) is 19.2. The number of hydrogen-bond acceptors (Lipinski definition) is 5. The van der Waals surface area contributed by atoms with Crippen molar-refractivity contribution in [3.63, 3.8) is 0 Å². The second-order valence-corrected chi connectivity index (χ2v) is 9.18. The van der Waals surface area contributed by atoms with Gasteiger partial charge in [0.1, 0.15) is 10.8 Å². The zero-order valence-electron chi connectivity index (χ0n) is 15.6. The fourth-order valence-electron chi connectivity index (χ4n) is 5.31. The summed E-state index contributed by atoms with van der Waals surface area (Å²) in [5, 5.41) is 6.19. The second kappa shape index (κ2) is 7.21. The van der Waals surface area contributed by atoms with Gasteiger partial charge in [-0.1, -0.05) is 18.2 Å². The van der Waals surface area contributed by atoms with E-state index in [9.17, 15) is 9.18 Å². The molecule has 28 heavy (non-hydrogen) atoms. The number of hydrogen-bond donors (Lipinski definition) is 1. The predicted octanol–water partition coefficient (Wildman–Crippen LogP) is 2.62. The number of nitrogens with one attached hydrogen (secondary N) is 1. The second-order valence-electron chi connectivity index (χ2n) is 8.20. The standard InChI is InChI=1S/C21H24FN3O2S/c22-17-4-2-1-3-14(17)9-19(26)24-10-15-16-11-25(12-20-23-7-8-28-20)13-21(16)6-5-18(15)27-21/h1-4,7-8,15-16,18H,5-6,9-13H2,(H,24,26)/t15-,16+,18+,21+/m0/s1. The Labute approximate surface area is 167 Å². The van der Waals surface area contributed by atoms with Crippen LogP contribution in [-0.4, -0.2) is 47.1 Å². The van der Waals surface area contributed by atoms with E-state index in [-0.39, 0.29) is 29.9 Å². The highest BCUT2D eigenvalue weighted by molar-refractivity contribution is 7.09. The van der Waals surface area contributed by atoms with Gasteiger partial charge in [0.15, 0.2) is 0 Å². The number of benzene rings is 1. The number of fused-ring (bicyclic) bond motifs is 1. The van der Waals surface area contributed by atoms with Crippen molar-refractivity contribution in [2.24, 2.45) is 11.8 Å². The molecule has 4 heterocycles. The number of nitrogens with zero attached hydrogens (tertiary/aromatic N) is 2. The van der Waals surface area contributed by atoms with Gasteiger partial charge in [0.25, 0.3) is 0 Å². The molecule has 1 spiro atoms. The lowest BCUT2D eigenvalue weighted by molar-refractivity contribution is -0.120. The largest absolute Gasteiger partial charge is 0.370 e. The molecule has 1 N–H and O–H groups in total. The molecule has 1 amide bonds. The topological polar surface area (TPSA) is 54.5 Å². The van der Waals surface area contributed by atoms with Gasteiger partial charge < -0.3 is 10.1 Å². The summed E-state index contributed by atoms with van der Waals surface area (Å²) in [6.45, 7) is 3.42. The van der Waals surface area contributed by atoms with Crippen LogP contribution in [0.5, 0.6) is 0 Å². The van der Waals surface area contributed by atoms with Crippen LogP contribution in [0.3, 0.4) is 0 Å². The number of aromatic nitrogens is 1. The van der Waals surface area contributed by atoms with Crippen molar-refractivity contribution in [1.29, 1.82) is 0 Å². The number of likely N-dealkylation sites (tertiary alicyclic amines) is 1. The molecule has 3 fully saturated rings. The summed E-state index contributed by atoms with van der Waals surface area (Å²) < 4.78 is 20.2. The Morgan fingerprint density at radius 1 is 1.43 bits per heavy atom. The van der Waals surface area contributed by atoms with Crippen LogP contribution in [0.1, 0.15) is 23.4 Å². The molecular formula is C21H24FN3O2S. The molecule has 3 aliphatic rings. The van der Waals surface area contributed by atoms with Gasteiger partial charge in [-0.2, -0.15) is 0 Å². The van der Waals surface area contributed by atoms with Gasteiger partial charge in [-0.3, -0.25) is 9.69 Å². The summed E-state index contributed by atoms with van der Waals surface area (Å²) in [6, 6.07) is 6.46. The minimum Gasteiger partial charge on any atom is -0.370 e. The van der Waals surface area contributed by atoms with Crippen molar-refractivity contribution >= 4 is 17.2 Å². The Morgan fingerprint density at radius 3 is 3.14 bits per heavy atom. The number of ether oxygens (including phenoxy) is 1. The lowest BCUT2D eigenvalue weighted by Gasteiger charge is -2.29. The Bertz CT molecular complexity index is 861. The van der Waals surface area contributed by atoms with Crippen LogP contribution in [0.2, 0.25) is 0 Å². The number of thiazole rings is 1. The molecule has 3 aliphatic heterocycles. The molecule has 5 rings (SSSR count). The van der Waals surface area contributed by atoms with Crippen molar-refractivity contribution in [3.8, 4) is 0 Å². The smallest absolute Gasteiger partial charge is 0.224 e. The summed E-state index contributed by atoms with van der Waals surface area (Å²) in [7, 11) is 0. The van der Waals surface area contributed by atoms with Crippen LogP contribution >= 0.6 is 11.3 Å². The van der Waals surface area contributed by atoms with Crippen molar-refractivity contribution in [2.75, 3.05) is 19.6 Å². The first kappa shape index (κ1) is 18.2. The Balaban J connectivity index is 1.20. The first-order valence-corrected chi connectivity index (χ1v) is 10.8. The van der Waals surface area contributed by atoms with Crippen LogP contribution in [-0.2, 0) is 22.5 Å². The van der Waals surface area contributed by atoms with E-state index in [0.717, 1.165) is 37.5 Å². The Kier molecular flexibility index (Phi) is 4.69. The third-order valence-corrected chi connectivity index (χ3v) is 7.30. The van der Waals surface area contributed by atoms with E-state index in [1.165, 1.54) is 6.07 Å². The molecule has 1 aromatic carbocycles. The normalized spacial score (nSPS) is 31.2. The highest BCUT2D eigenvalue weighted by atomic mass is 32.1. The first-order valence-electron chi connectivity index (χ1n) is 9.92. The minimum atomic E-state index is -0.325. The van der Waals surface area contributed by atoms with E-state index in [1.807, 2.05) is 11.6 Å². The summed E-state index contributed by atoms with van der Waals surface area (Å²) in [5.74, 6) is 0.327. The van der Waals surface area contributed by atoms with Gasteiger partial charge in [-0.15, -0.1) is 11.3 Å². The van der Waals surface area contributed by atoms with Crippen LogP contribution in [0.15, 0.2) is 35.8 Å². The molecule has 0 radical (unpaired) electrons. The van der Waals surface area contributed by atoms with Gasteiger partial charge >= 0.3 is 0 Å². The molecule has 3 saturated heterocycles. The van der Waals surface area contributed by atoms with Crippen LogP contribution < -0.4 is 5.32 Å². The molecule has 5 nitrogen and oxygen atoms in total. The maximum absolute atomic E-state index is 13.8. The lowest BCUT2D eigenvalue weighted by atomic mass is 9.73. The van der Waals surface area contributed by atoms with Crippen molar-refractivity contribution in [3.05, 3.63) is 52.2 Å². The SMILES string of the molecule is O=C(Cc1ccccc1F)NC[C@H]1[C@H]2CN(Cc3nccs3)C[C@]23CC[C@H]1O3. The van der Waals surface area contributed by atoms with Gasteiger partial charge in [-0.05, 0) is 24.5 Å². The molecule has 2 aromatic rings. The van der Waals surface area contributed by atoms with Gasteiger partial charge in [0.05, 0.1) is 24.7 Å². The Morgan fingerprint density at radius 2 is 2.32 bits per heavy atom. The monoisotopic (exact) mass is 401 g/mol. The third-order valence-electron chi connectivity index (χ3n) is 6.54. The molecule has 2 bridgehead atoms. The van der Waals surface area contributed by atoms with Crippen molar-refractivity contribution < 1.29 is 13.9 Å². The maximum atomic E-state index is 13.8. The first-order chi connectivity index (χ1) is 13.6. The number of amides is 1. The molecule has 1 aromatic heterocycles. The fraction of sp³-hybridized carbons (Fsp3) is 0.524. The number of rotatable bonds is 6. The quantitative estimate of drug-likeness (QED) is 0.809. The van der Waals surface area contributed by atoms with E-state index in [1.54, 1.807) is 29.5 Å². The Hall–Kier alpha value is -1.83.